The normalized spacial score (nSPS) is 12.0. The molecular weight excluding hydrogens is 695 g/mol. The average molecular weight is 724 g/mol. The smallest absolute Gasteiger partial charge is 0.227 e. The van der Waals surface area contributed by atoms with Crippen LogP contribution in [-0.4, -0.2) is 9.55 Å². The second kappa shape index (κ2) is 11.7. The summed E-state index contributed by atoms with van der Waals surface area (Å²) in [5.74, 6) is 0.597. The number of para-hydroxylation sites is 2. The van der Waals surface area contributed by atoms with Crippen molar-refractivity contribution in [2.24, 2.45) is 0 Å². The molecule has 0 N–H and O–H groups in total. The second-order valence-corrected chi connectivity index (χ2v) is 15.0. The predicted molar refractivity (Wildman–Crippen MR) is 229 cm³/mol. The van der Waals surface area contributed by atoms with E-state index in [1.54, 1.807) is 0 Å². The van der Waals surface area contributed by atoms with Crippen molar-refractivity contribution in [1.82, 2.24) is 9.55 Å². The molecule has 0 radical (unpaired) electrons. The molecule has 0 unspecified atom stereocenters. The van der Waals surface area contributed by atoms with Gasteiger partial charge in [-0.1, -0.05) is 91.0 Å². The molecule has 0 fully saturated rings. The van der Waals surface area contributed by atoms with E-state index in [9.17, 15) is 0 Å². The molecule has 0 saturated carbocycles. The van der Waals surface area contributed by atoms with Gasteiger partial charge in [0.15, 0.2) is 5.58 Å². The Bertz CT molecular complexity index is 3450. The first-order chi connectivity index (χ1) is 27.3. The zero-order valence-electron chi connectivity index (χ0n) is 29.3. The summed E-state index contributed by atoms with van der Waals surface area (Å²) in [5.41, 5.74) is 10.6. The summed E-state index contributed by atoms with van der Waals surface area (Å²) in [7, 11) is 0. The van der Waals surface area contributed by atoms with Gasteiger partial charge in [0.25, 0.3) is 0 Å². The van der Waals surface area contributed by atoms with Gasteiger partial charge in [-0.3, -0.25) is 0 Å². The van der Waals surface area contributed by atoms with E-state index in [1.807, 2.05) is 53.8 Å². The van der Waals surface area contributed by atoms with Crippen LogP contribution in [0.5, 0.6) is 0 Å². The molecule has 0 bridgehead atoms. The molecule has 5 nitrogen and oxygen atoms in total. The Morgan fingerprint density at radius 2 is 1.22 bits per heavy atom. The van der Waals surface area contributed by atoms with Crippen molar-refractivity contribution >= 4 is 103 Å². The number of oxazole rings is 1. The summed E-state index contributed by atoms with van der Waals surface area (Å²) in [5, 5.41) is 6.86. The van der Waals surface area contributed by atoms with Crippen LogP contribution in [0.1, 0.15) is 0 Å². The molecule has 0 saturated heterocycles. The maximum absolute atomic E-state index is 6.64. The van der Waals surface area contributed by atoms with E-state index in [1.165, 1.54) is 36.5 Å². The number of hydrogen-bond acceptors (Lipinski definition) is 5. The molecular formula is C49H29N3O2S. The quantitative estimate of drug-likeness (QED) is 0.177. The van der Waals surface area contributed by atoms with Crippen molar-refractivity contribution in [3.8, 4) is 17.1 Å². The van der Waals surface area contributed by atoms with Crippen LogP contribution in [-0.2, 0) is 0 Å². The van der Waals surface area contributed by atoms with Crippen LogP contribution in [0.3, 0.4) is 0 Å². The highest BCUT2D eigenvalue weighted by Crippen LogP contribution is 2.47. The van der Waals surface area contributed by atoms with Crippen molar-refractivity contribution in [2.75, 3.05) is 4.90 Å². The Morgan fingerprint density at radius 1 is 0.509 bits per heavy atom. The van der Waals surface area contributed by atoms with Gasteiger partial charge in [-0.05, 0) is 78.9 Å². The van der Waals surface area contributed by atoms with E-state index in [2.05, 4.69) is 143 Å². The Kier molecular flexibility index (Phi) is 6.44. The van der Waals surface area contributed by atoms with Crippen molar-refractivity contribution in [3.05, 3.63) is 176 Å². The minimum atomic E-state index is 0.597. The third-order valence-electron chi connectivity index (χ3n) is 10.8. The van der Waals surface area contributed by atoms with Crippen molar-refractivity contribution in [2.45, 2.75) is 0 Å². The van der Waals surface area contributed by atoms with Gasteiger partial charge in [-0.25, -0.2) is 4.98 Å². The number of anilines is 3. The van der Waals surface area contributed by atoms with Gasteiger partial charge in [0.1, 0.15) is 16.7 Å². The van der Waals surface area contributed by atoms with E-state index < -0.39 is 0 Å². The van der Waals surface area contributed by atoms with Crippen LogP contribution in [0.15, 0.2) is 185 Å². The lowest BCUT2D eigenvalue weighted by Crippen LogP contribution is -2.10. The molecule has 12 rings (SSSR count). The van der Waals surface area contributed by atoms with E-state index in [0.29, 0.717) is 5.89 Å². The number of thiophene rings is 1. The molecule has 12 aromatic rings. The summed E-state index contributed by atoms with van der Waals surface area (Å²) in [6.45, 7) is 0. The topological polar surface area (TPSA) is 47.3 Å². The zero-order valence-corrected chi connectivity index (χ0v) is 30.1. The van der Waals surface area contributed by atoms with Crippen molar-refractivity contribution in [3.63, 3.8) is 0 Å². The van der Waals surface area contributed by atoms with Crippen LogP contribution in [0, 0.1) is 0 Å². The first kappa shape index (κ1) is 30.3. The maximum Gasteiger partial charge on any atom is 0.227 e. The molecule has 0 aliphatic carbocycles. The third-order valence-corrected chi connectivity index (χ3v) is 12.0. The Labute approximate surface area is 318 Å². The molecule has 258 valence electrons. The van der Waals surface area contributed by atoms with Gasteiger partial charge in [0.05, 0.1) is 26.8 Å². The van der Waals surface area contributed by atoms with Gasteiger partial charge in [-0.2, -0.15) is 0 Å². The highest BCUT2D eigenvalue weighted by Gasteiger charge is 2.23. The minimum absolute atomic E-state index is 0.597. The summed E-state index contributed by atoms with van der Waals surface area (Å²) in [4.78, 5) is 7.23. The lowest BCUT2D eigenvalue weighted by atomic mass is 10.1. The van der Waals surface area contributed by atoms with E-state index in [0.717, 1.165) is 66.9 Å². The summed E-state index contributed by atoms with van der Waals surface area (Å²) < 4.78 is 18.0. The van der Waals surface area contributed by atoms with Crippen LogP contribution in [0.4, 0.5) is 17.1 Å². The van der Waals surface area contributed by atoms with Crippen LogP contribution in [0.2, 0.25) is 0 Å². The number of rotatable bonds is 5. The van der Waals surface area contributed by atoms with Crippen LogP contribution >= 0.6 is 11.3 Å². The number of benzene rings is 8. The molecule has 0 aliphatic rings. The second-order valence-electron chi connectivity index (χ2n) is 13.9. The minimum Gasteiger partial charge on any atom is -0.456 e. The third kappa shape index (κ3) is 4.55. The zero-order chi connectivity index (χ0) is 36.0. The molecule has 4 aromatic heterocycles. The summed E-state index contributed by atoms with van der Waals surface area (Å²) >= 11 is 1.83. The Hall–Kier alpha value is -7.15. The molecule has 0 amide bonds. The first-order valence-electron chi connectivity index (χ1n) is 18.4. The van der Waals surface area contributed by atoms with E-state index in [-0.39, 0.29) is 0 Å². The van der Waals surface area contributed by atoms with Gasteiger partial charge >= 0.3 is 0 Å². The van der Waals surface area contributed by atoms with Gasteiger partial charge in [0.2, 0.25) is 5.89 Å². The lowest BCUT2D eigenvalue weighted by molar-refractivity contribution is 0.622. The van der Waals surface area contributed by atoms with Gasteiger partial charge in [-0.15, -0.1) is 11.3 Å². The number of furan rings is 1. The molecule has 55 heavy (non-hydrogen) atoms. The molecule has 0 aliphatic heterocycles. The summed E-state index contributed by atoms with van der Waals surface area (Å²) in [6, 6.07) is 62.0. The Morgan fingerprint density at radius 3 is 2.09 bits per heavy atom. The monoisotopic (exact) mass is 723 g/mol. The highest BCUT2D eigenvalue weighted by molar-refractivity contribution is 7.26. The van der Waals surface area contributed by atoms with Crippen molar-refractivity contribution < 1.29 is 8.83 Å². The van der Waals surface area contributed by atoms with Crippen LogP contribution < -0.4 is 4.90 Å². The fourth-order valence-corrected chi connectivity index (χ4v) is 9.57. The fraction of sp³-hybridized carbons (Fsp3) is 0. The van der Waals surface area contributed by atoms with E-state index >= 15 is 0 Å². The molecule has 4 heterocycles. The van der Waals surface area contributed by atoms with Crippen molar-refractivity contribution in [1.29, 1.82) is 0 Å². The summed E-state index contributed by atoms with van der Waals surface area (Å²) in [6.07, 6.45) is 0. The number of aromatic nitrogens is 2. The van der Waals surface area contributed by atoms with Gasteiger partial charge in [0, 0.05) is 60.3 Å². The first-order valence-corrected chi connectivity index (χ1v) is 19.2. The molecule has 6 heteroatoms. The number of hydrogen-bond donors (Lipinski definition) is 0. The largest absolute Gasteiger partial charge is 0.456 e. The number of fused-ring (bicyclic) bond motifs is 11. The SMILES string of the molecule is c1ccc(-c2nc3ccc4oc5cc(N(c6ccc7c8ccccc8n(-c8ccccc8)c7c6)c6cccc7c6sc6ccccc67)ccc5c4c3o2)cc1. The predicted octanol–water partition coefficient (Wildman–Crippen LogP) is 14.3. The number of nitrogens with zero attached hydrogens (tertiary/aromatic N) is 3. The molecule has 8 aromatic carbocycles. The molecule has 0 atom stereocenters. The maximum atomic E-state index is 6.64. The Balaban J connectivity index is 1.11. The fourth-order valence-electron chi connectivity index (χ4n) is 8.37. The lowest BCUT2D eigenvalue weighted by Gasteiger charge is -2.26. The average Bonchev–Trinajstić information content (AvgIpc) is 4.02. The van der Waals surface area contributed by atoms with Gasteiger partial charge < -0.3 is 18.3 Å². The standard InChI is InChI=1S/C49H29N3O2S/c1-3-12-30(13-4-1)49-50-39-26-27-43-46(47(39)54-49)38-25-23-33(29-44(38)53-43)51(41-20-11-18-37-36-17-8-10-21-45(36)55-48(37)41)32-22-24-35-34-16-7-9-19-40(34)52(42(35)28-32)31-14-5-2-6-15-31/h1-29H. The molecule has 0 spiro atoms. The van der Waals surface area contributed by atoms with E-state index in [4.69, 9.17) is 13.8 Å². The highest BCUT2D eigenvalue weighted by atomic mass is 32.1. The van der Waals surface area contributed by atoms with Crippen LogP contribution in [0.25, 0.3) is 92.2 Å².